The van der Waals surface area contributed by atoms with Crippen molar-refractivity contribution in [2.45, 2.75) is 0 Å². The van der Waals surface area contributed by atoms with Gasteiger partial charge in [0, 0.05) is 35.0 Å². The van der Waals surface area contributed by atoms with Crippen molar-refractivity contribution in [1.82, 2.24) is 9.78 Å². The molecule has 5 rings (SSSR count). The molecule has 2 aromatic heterocycles. The maximum absolute atomic E-state index is 12.4. The first-order valence-corrected chi connectivity index (χ1v) is 11.5. The number of fused-ring (bicyclic) bond motifs is 1. The molecule has 0 fully saturated rings. The molecule has 0 atom stereocenters. The zero-order valence-electron chi connectivity index (χ0n) is 20.0. The average Bonchev–Trinajstić information content (AvgIpc) is 3.55. The van der Waals surface area contributed by atoms with Gasteiger partial charge in [0.15, 0.2) is 12.4 Å². The molecule has 0 unspecified atom stereocenters. The largest absolute Gasteiger partial charge is 0.497 e. The Hall–Kier alpha value is -5.11. The van der Waals surface area contributed by atoms with Crippen molar-refractivity contribution in [3.63, 3.8) is 0 Å². The number of anilines is 1. The Balaban J connectivity index is 1.32. The third-order valence-corrected chi connectivity index (χ3v) is 5.52. The maximum atomic E-state index is 12.4. The molecule has 8 heteroatoms. The molecule has 3 aromatic carbocycles. The monoisotopic (exact) mass is 493 g/mol. The molecule has 0 saturated carbocycles. The molecule has 0 aliphatic heterocycles. The lowest BCUT2D eigenvalue weighted by Gasteiger charge is -2.07. The third kappa shape index (κ3) is 5.59. The van der Waals surface area contributed by atoms with E-state index in [1.807, 2.05) is 60.7 Å². The fourth-order valence-electron chi connectivity index (χ4n) is 3.75. The van der Waals surface area contributed by atoms with Crippen LogP contribution in [0, 0.1) is 0 Å². The van der Waals surface area contributed by atoms with E-state index in [1.165, 1.54) is 13.2 Å². The summed E-state index contributed by atoms with van der Waals surface area (Å²) in [5.74, 6) is 0.0503. The van der Waals surface area contributed by atoms with Crippen molar-refractivity contribution < 1.29 is 23.5 Å². The zero-order chi connectivity index (χ0) is 25.6. The quantitative estimate of drug-likeness (QED) is 0.227. The molecule has 8 nitrogen and oxygen atoms in total. The van der Waals surface area contributed by atoms with Crippen LogP contribution in [-0.4, -0.2) is 35.4 Å². The second-order valence-electron chi connectivity index (χ2n) is 8.08. The van der Waals surface area contributed by atoms with Crippen LogP contribution in [0.2, 0.25) is 0 Å². The van der Waals surface area contributed by atoms with Gasteiger partial charge < -0.3 is 19.2 Å². The van der Waals surface area contributed by atoms with Gasteiger partial charge in [-0.05, 0) is 42.5 Å². The normalized spacial score (nSPS) is 11.1. The number of esters is 1. The van der Waals surface area contributed by atoms with Gasteiger partial charge in [0.25, 0.3) is 5.91 Å². The third-order valence-electron chi connectivity index (χ3n) is 5.52. The predicted molar refractivity (Wildman–Crippen MR) is 140 cm³/mol. The Labute approximate surface area is 212 Å². The number of hydrogen-bond acceptors (Lipinski definition) is 6. The number of benzene rings is 3. The number of methoxy groups -OCH3 is 1. The molecular formula is C29H23N3O5. The van der Waals surface area contributed by atoms with Crippen LogP contribution in [0.25, 0.3) is 34.2 Å². The molecule has 0 aliphatic rings. The summed E-state index contributed by atoms with van der Waals surface area (Å²) < 4.78 is 18.0. The number of para-hydroxylation sites is 2. The molecule has 0 saturated heterocycles. The van der Waals surface area contributed by atoms with Gasteiger partial charge in [-0.1, -0.05) is 42.5 Å². The topological polar surface area (TPSA) is 95.6 Å². The van der Waals surface area contributed by atoms with Gasteiger partial charge in [-0.25, -0.2) is 9.48 Å². The molecule has 0 spiro atoms. The van der Waals surface area contributed by atoms with E-state index in [2.05, 4.69) is 5.32 Å². The van der Waals surface area contributed by atoms with E-state index in [0.717, 1.165) is 16.7 Å². The highest BCUT2D eigenvalue weighted by Gasteiger charge is 2.15. The van der Waals surface area contributed by atoms with Crippen LogP contribution in [0.1, 0.15) is 5.56 Å². The van der Waals surface area contributed by atoms with E-state index in [0.29, 0.717) is 28.5 Å². The Morgan fingerprint density at radius 2 is 1.81 bits per heavy atom. The summed E-state index contributed by atoms with van der Waals surface area (Å²) in [5, 5.41) is 8.32. The van der Waals surface area contributed by atoms with Crippen LogP contribution >= 0.6 is 0 Å². The van der Waals surface area contributed by atoms with Crippen molar-refractivity contribution in [1.29, 1.82) is 0 Å². The van der Waals surface area contributed by atoms with Crippen LogP contribution in [0.5, 0.6) is 5.75 Å². The molecule has 0 radical (unpaired) electrons. The maximum Gasteiger partial charge on any atom is 0.331 e. The van der Waals surface area contributed by atoms with Gasteiger partial charge >= 0.3 is 5.97 Å². The Kier molecular flexibility index (Phi) is 6.80. The minimum atomic E-state index is -0.663. The van der Waals surface area contributed by atoms with E-state index in [1.54, 1.807) is 41.2 Å². The number of furan rings is 1. The molecule has 37 heavy (non-hydrogen) atoms. The van der Waals surface area contributed by atoms with Crippen LogP contribution in [-0.2, 0) is 14.3 Å². The van der Waals surface area contributed by atoms with Gasteiger partial charge in [-0.3, -0.25) is 4.79 Å². The molecule has 0 aliphatic carbocycles. The minimum absolute atomic E-state index is 0.430. The Morgan fingerprint density at radius 1 is 1.00 bits per heavy atom. The van der Waals surface area contributed by atoms with Crippen LogP contribution in [0.4, 0.5) is 5.69 Å². The van der Waals surface area contributed by atoms with E-state index in [-0.39, 0.29) is 0 Å². The Bertz CT molecular complexity index is 1550. The molecule has 1 amide bonds. The first-order chi connectivity index (χ1) is 18.1. The highest BCUT2D eigenvalue weighted by molar-refractivity contribution is 5.95. The van der Waals surface area contributed by atoms with Crippen molar-refractivity contribution >= 4 is 34.6 Å². The summed E-state index contributed by atoms with van der Waals surface area (Å²) in [6.45, 7) is -0.430. The highest BCUT2D eigenvalue weighted by Crippen LogP contribution is 2.30. The summed E-state index contributed by atoms with van der Waals surface area (Å²) in [7, 11) is 1.54. The molecule has 184 valence electrons. The number of amides is 1. The van der Waals surface area contributed by atoms with Gasteiger partial charge in [0.1, 0.15) is 17.0 Å². The van der Waals surface area contributed by atoms with Crippen molar-refractivity contribution in [2.24, 2.45) is 0 Å². The summed E-state index contributed by atoms with van der Waals surface area (Å²) >= 11 is 0. The number of hydrogen-bond donors (Lipinski definition) is 1. The first kappa shape index (κ1) is 23.6. The van der Waals surface area contributed by atoms with Crippen LogP contribution in [0.15, 0.2) is 102 Å². The highest BCUT2D eigenvalue weighted by atomic mass is 16.5. The summed E-state index contributed by atoms with van der Waals surface area (Å²) in [4.78, 5) is 24.6. The van der Waals surface area contributed by atoms with Gasteiger partial charge in [-0.15, -0.1) is 0 Å². The van der Waals surface area contributed by atoms with Crippen molar-refractivity contribution in [3.05, 3.63) is 103 Å². The number of ether oxygens (including phenoxy) is 2. The minimum Gasteiger partial charge on any atom is -0.497 e. The van der Waals surface area contributed by atoms with E-state index >= 15 is 0 Å². The lowest BCUT2D eigenvalue weighted by atomic mass is 10.2. The number of rotatable bonds is 8. The lowest BCUT2D eigenvalue weighted by molar-refractivity contribution is -0.142. The van der Waals surface area contributed by atoms with Crippen LogP contribution in [0.3, 0.4) is 0 Å². The second kappa shape index (κ2) is 10.7. The zero-order valence-corrected chi connectivity index (χ0v) is 20.0. The number of carbonyl (C=O) groups excluding carboxylic acids is 2. The number of nitrogens with one attached hydrogen (secondary N) is 1. The standard InChI is InChI=1S/C29H23N3O5/c1-35-24-12-7-9-22(17-24)30-27(33)19-36-28(34)15-14-21-18-32(23-10-3-2-4-11-23)31-29(21)26-16-20-8-5-6-13-25(20)37-26/h2-18H,19H2,1H3,(H,30,33). The van der Waals surface area contributed by atoms with Crippen LogP contribution < -0.4 is 10.1 Å². The second-order valence-corrected chi connectivity index (χ2v) is 8.08. The van der Waals surface area contributed by atoms with Crippen molar-refractivity contribution in [3.8, 4) is 22.9 Å². The number of carbonyl (C=O) groups is 2. The number of aromatic nitrogens is 2. The average molecular weight is 494 g/mol. The van der Waals surface area contributed by atoms with E-state index < -0.39 is 18.5 Å². The first-order valence-electron chi connectivity index (χ1n) is 11.5. The smallest absolute Gasteiger partial charge is 0.331 e. The predicted octanol–water partition coefficient (Wildman–Crippen LogP) is 5.49. The van der Waals surface area contributed by atoms with E-state index in [4.69, 9.17) is 19.0 Å². The molecule has 2 heterocycles. The Morgan fingerprint density at radius 3 is 2.62 bits per heavy atom. The summed E-state index contributed by atoms with van der Waals surface area (Å²) in [6.07, 6.45) is 4.66. The lowest BCUT2D eigenvalue weighted by Crippen LogP contribution is -2.20. The van der Waals surface area contributed by atoms with Gasteiger partial charge in [-0.2, -0.15) is 5.10 Å². The molecular weight excluding hydrogens is 470 g/mol. The SMILES string of the molecule is COc1cccc(NC(=O)COC(=O)C=Cc2cn(-c3ccccc3)nc2-c2cc3ccccc3o2)c1. The fraction of sp³-hybridized carbons (Fsp3) is 0.0690. The molecule has 0 bridgehead atoms. The fourth-order valence-corrected chi connectivity index (χ4v) is 3.75. The van der Waals surface area contributed by atoms with Gasteiger partial charge in [0.2, 0.25) is 0 Å². The molecule has 5 aromatic rings. The van der Waals surface area contributed by atoms with Crippen molar-refractivity contribution in [2.75, 3.05) is 19.0 Å². The van der Waals surface area contributed by atoms with Gasteiger partial charge in [0.05, 0.1) is 12.8 Å². The summed E-state index contributed by atoms with van der Waals surface area (Å²) in [5.41, 5.74) is 3.36. The molecule has 1 N–H and O–H groups in total. The number of nitrogens with zero attached hydrogens (tertiary/aromatic N) is 2. The van der Waals surface area contributed by atoms with E-state index in [9.17, 15) is 9.59 Å². The summed E-state index contributed by atoms with van der Waals surface area (Å²) in [6, 6.07) is 26.1.